The van der Waals surface area contributed by atoms with Crippen LogP contribution in [-0.2, 0) is 22.6 Å². The Morgan fingerprint density at radius 1 is 1.19 bits per heavy atom. The van der Waals surface area contributed by atoms with E-state index >= 15 is 0 Å². The van der Waals surface area contributed by atoms with Crippen LogP contribution in [0.5, 0.6) is 0 Å². The Balaban J connectivity index is 1.96. The molecule has 1 amide bonds. The highest BCUT2D eigenvalue weighted by Crippen LogP contribution is 2.23. The normalized spacial score (nSPS) is 11.6. The summed E-state index contributed by atoms with van der Waals surface area (Å²) < 4.78 is 6.07. The maximum Gasteiger partial charge on any atom is 0.407 e. The highest BCUT2D eigenvalue weighted by Gasteiger charge is 2.17. The van der Waals surface area contributed by atoms with E-state index in [-0.39, 0.29) is 19.4 Å². The number of hydrogen-bond donors (Lipinski definition) is 2. The van der Waals surface area contributed by atoms with Crippen molar-refractivity contribution >= 4 is 39.6 Å². The average molecular weight is 441 g/mol. The van der Waals surface area contributed by atoms with Gasteiger partial charge in [-0.15, -0.1) is 0 Å². The van der Waals surface area contributed by atoms with Gasteiger partial charge in [0.15, 0.2) is 0 Å². The van der Waals surface area contributed by atoms with E-state index in [1.165, 1.54) is 0 Å². The number of halogens is 2. The van der Waals surface area contributed by atoms with Crippen molar-refractivity contribution < 1.29 is 19.4 Å². The molecule has 138 valence electrons. The molecule has 26 heavy (non-hydrogen) atoms. The van der Waals surface area contributed by atoms with Crippen molar-refractivity contribution in [2.24, 2.45) is 0 Å². The van der Waals surface area contributed by atoms with Gasteiger partial charge >= 0.3 is 12.1 Å². The minimum atomic E-state index is -0.920. The van der Waals surface area contributed by atoms with E-state index in [9.17, 15) is 9.59 Å². The maximum absolute atomic E-state index is 12.1. The van der Waals surface area contributed by atoms with Crippen LogP contribution < -0.4 is 5.32 Å². The van der Waals surface area contributed by atoms with Crippen molar-refractivity contribution in [1.82, 2.24) is 5.32 Å². The van der Waals surface area contributed by atoms with E-state index in [1.807, 2.05) is 42.5 Å². The van der Waals surface area contributed by atoms with Gasteiger partial charge in [-0.3, -0.25) is 4.79 Å². The van der Waals surface area contributed by atoms with Gasteiger partial charge < -0.3 is 15.2 Å². The Kier molecular flexibility index (Phi) is 7.94. The van der Waals surface area contributed by atoms with E-state index in [0.717, 1.165) is 15.6 Å². The first-order valence-electron chi connectivity index (χ1n) is 8.07. The summed E-state index contributed by atoms with van der Waals surface area (Å²) in [5, 5.41) is 12.2. The van der Waals surface area contributed by atoms with E-state index in [1.54, 1.807) is 6.07 Å². The number of aliphatic carboxylic acids is 1. The number of carbonyl (C=O) groups excluding carboxylic acids is 1. The van der Waals surface area contributed by atoms with Gasteiger partial charge in [-0.2, -0.15) is 0 Å². The smallest absolute Gasteiger partial charge is 0.407 e. The van der Waals surface area contributed by atoms with Crippen molar-refractivity contribution in [2.45, 2.75) is 31.9 Å². The fourth-order valence-corrected chi connectivity index (χ4v) is 3.16. The molecule has 0 aromatic heterocycles. The molecule has 7 heteroatoms. The lowest BCUT2D eigenvalue weighted by molar-refractivity contribution is -0.137. The molecule has 5 nitrogen and oxygen atoms in total. The molecular weight excluding hydrogens is 422 g/mol. The molecule has 0 spiro atoms. The number of carboxylic acid groups (broad SMARTS) is 1. The van der Waals surface area contributed by atoms with E-state index in [0.29, 0.717) is 11.4 Å². The largest absolute Gasteiger partial charge is 0.481 e. The first kappa shape index (κ1) is 20.3. The van der Waals surface area contributed by atoms with Gasteiger partial charge in [0.1, 0.15) is 6.61 Å². The molecular formula is C19H19BrClNO4. The lowest BCUT2D eigenvalue weighted by Gasteiger charge is -2.19. The predicted octanol–water partition coefficient (Wildman–Crippen LogP) is 4.80. The molecule has 0 bridgehead atoms. The number of nitrogens with one attached hydrogen (secondary N) is 1. The molecule has 0 aliphatic carbocycles. The second-order valence-electron chi connectivity index (χ2n) is 5.78. The minimum Gasteiger partial charge on any atom is -0.481 e. The summed E-state index contributed by atoms with van der Waals surface area (Å²) in [6, 6.07) is 14.4. The average Bonchev–Trinajstić information content (AvgIpc) is 2.61. The van der Waals surface area contributed by atoms with Crippen LogP contribution in [0.25, 0.3) is 0 Å². The molecule has 2 N–H and O–H groups in total. The number of alkyl carbamates (subject to hydrolysis) is 1. The van der Waals surface area contributed by atoms with Crippen LogP contribution in [0, 0.1) is 0 Å². The zero-order valence-corrected chi connectivity index (χ0v) is 16.3. The number of hydrogen-bond acceptors (Lipinski definition) is 3. The molecule has 0 aliphatic heterocycles. The van der Waals surface area contributed by atoms with Crippen LogP contribution in [0.4, 0.5) is 4.79 Å². The third-order valence-electron chi connectivity index (χ3n) is 3.72. The van der Waals surface area contributed by atoms with E-state index in [4.69, 9.17) is 21.4 Å². The van der Waals surface area contributed by atoms with Gasteiger partial charge in [-0.05, 0) is 36.1 Å². The quantitative estimate of drug-likeness (QED) is 0.618. The molecule has 2 aromatic rings. The standard InChI is InChI=1S/C19H19BrClNO4/c20-15-7-6-14(17(21)11-15)10-16(8-9-18(23)24)22-19(25)26-12-13-4-2-1-3-5-13/h1-7,11,16H,8-10,12H2,(H,22,25)(H,23,24). The van der Waals surface area contributed by atoms with E-state index in [2.05, 4.69) is 21.2 Å². The summed E-state index contributed by atoms with van der Waals surface area (Å²) in [5.74, 6) is -0.920. The summed E-state index contributed by atoms with van der Waals surface area (Å²) in [6.07, 6.45) is 0.0530. The van der Waals surface area contributed by atoms with Gasteiger partial charge in [0, 0.05) is 22.0 Å². The molecule has 0 saturated heterocycles. The second-order valence-corrected chi connectivity index (χ2v) is 7.10. The summed E-state index contributed by atoms with van der Waals surface area (Å²) in [7, 11) is 0. The lowest BCUT2D eigenvalue weighted by atomic mass is 10.0. The van der Waals surface area contributed by atoms with Gasteiger partial charge in [-0.1, -0.05) is 63.9 Å². The Bertz CT molecular complexity index is 754. The van der Waals surface area contributed by atoms with Gasteiger partial charge in [0.25, 0.3) is 0 Å². The predicted molar refractivity (Wildman–Crippen MR) is 103 cm³/mol. The summed E-state index contributed by atoms with van der Waals surface area (Å²) in [5.41, 5.74) is 1.70. The first-order chi connectivity index (χ1) is 12.4. The lowest BCUT2D eigenvalue weighted by Crippen LogP contribution is -2.37. The molecule has 0 heterocycles. The Morgan fingerprint density at radius 3 is 2.58 bits per heavy atom. The molecule has 0 fully saturated rings. The SMILES string of the molecule is O=C(O)CCC(Cc1ccc(Br)cc1Cl)NC(=O)OCc1ccccc1. The van der Waals surface area contributed by atoms with Crippen molar-refractivity contribution in [1.29, 1.82) is 0 Å². The summed E-state index contributed by atoms with van der Waals surface area (Å²) >= 11 is 9.57. The topological polar surface area (TPSA) is 75.6 Å². The second kappa shape index (κ2) is 10.2. The molecule has 1 atom stereocenters. The Labute approximate surface area is 165 Å². The van der Waals surface area contributed by atoms with Gasteiger partial charge in [0.05, 0.1) is 0 Å². The monoisotopic (exact) mass is 439 g/mol. The molecule has 2 rings (SSSR count). The Hall–Kier alpha value is -2.05. The molecule has 0 radical (unpaired) electrons. The maximum atomic E-state index is 12.1. The summed E-state index contributed by atoms with van der Waals surface area (Å²) in [6.45, 7) is 0.150. The zero-order chi connectivity index (χ0) is 18.9. The number of rotatable bonds is 8. The van der Waals surface area contributed by atoms with Crippen LogP contribution in [0.1, 0.15) is 24.0 Å². The number of ether oxygens (including phenoxy) is 1. The Morgan fingerprint density at radius 2 is 1.92 bits per heavy atom. The van der Waals surface area contributed by atoms with Crippen LogP contribution in [0.2, 0.25) is 5.02 Å². The van der Waals surface area contributed by atoms with Crippen molar-refractivity contribution in [3.05, 3.63) is 69.2 Å². The third-order valence-corrected chi connectivity index (χ3v) is 4.57. The third kappa shape index (κ3) is 7.06. The van der Waals surface area contributed by atoms with Crippen molar-refractivity contribution in [3.8, 4) is 0 Å². The fourth-order valence-electron chi connectivity index (χ4n) is 2.41. The number of amides is 1. The molecule has 1 unspecified atom stereocenters. The van der Waals surface area contributed by atoms with E-state index < -0.39 is 18.1 Å². The molecule has 2 aromatic carbocycles. The molecule has 0 aliphatic rings. The van der Waals surface area contributed by atoms with Crippen molar-refractivity contribution in [2.75, 3.05) is 0 Å². The first-order valence-corrected chi connectivity index (χ1v) is 9.24. The number of carboxylic acids is 1. The van der Waals surface area contributed by atoms with Crippen LogP contribution >= 0.6 is 27.5 Å². The highest BCUT2D eigenvalue weighted by molar-refractivity contribution is 9.10. The van der Waals surface area contributed by atoms with Crippen molar-refractivity contribution in [3.63, 3.8) is 0 Å². The van der Waals surface area contributed by atoms with Crippen LogP contribution in [0.15, 0.2) is 53.0 Å². The number of benzene rings is 2. The number of carbonyl (C=O) groups is 2. The zero-order valence-electron chi connectivity index (χ0n) is 14.0. The molecule has 0 saturated carbocycles. The fraction of sp³-hybridized carbons (Fsp3) is 0.263. The van der Waals surface area contributed by atoms with Crippen LogP contribution in [-0.4, -0.2) is 23.2 Å². The van der Waals surface area contributed by atoms with Gasteiger partial charge in [0.2, 0.25) is 0 Å². The minimum absolute atomic E-state index is 0.0578. The highest BCUT2D eigenvalue weighted by atomic mass is 79.9. The van der Waals surface area contributed by atoms with Crippen LogP contribution in [0.3, 0.4) is 0 Å². The summed E-state index contributed by atoms with van der Waals surface area (Å²) in [4.78, 5) is 23.0. The van der Waals surface area contributed by atoms with Gasteiger partial charge in [-0.25, -0.2) is 4.79 Å².